The van der Waals surface area contributed by atoms with Gasteiger partial charge in [-0.1, -0.05) is 40.5 Å². The van der Waals surface area contributed by atoms with Crippen molar-refractivity contribution in [2.24, 2.45) is 5.92 Å². The number of hydrogen-bond donors (Lipinski definition) is 1. The van der Waals surface area contributed by atoms with Crippen molar-refractivity contribution in [3.8, 4) is 0 Å². The van der Waals surface area contributed by atoms with Crippen molar-refractivity contribution in [3.05, 3.63) is 0 Å². The molecule has 0 atom stereocenters. The molecule has 0 aliphatic rings. The van der Waals surface area contributed by atoms with Crippen LogP contribution >= 0.6 is 0 Å². The molecule has 0 aromatic carbocycles. The summed E-state index contributed by atoms with van der Waals surface area (Å²) in [7, 11) is 0. The van der Waals surface area contributed by atoms with Gasteiger partial charge in [0.25, 0.3) is 0 Å². The lowest BCUT2D eigenvalue weighted by atomic mass is 10.0. The van der Waals surface area contributed by atoms with Crippen LogP contribution in [-0.2, 0) is 0 Å². The Kier molecular flexibility index (Phi) is 14.8. The first kappa shape index (κ1) is 12.6. The Balaban J connectivity index is 0. The normalized spacial score (nSPS) is 9.00. The lowest BCUT2D eigenvalue weighted by molar-refractivity contribution is 0.252. The third kappa shape index (κ3) is 7.96. The van der Waals surface area contributed by atoms with Crippen LogP contribution < -0.4 is 0 Å². The molecule has 1 N–H and O–H groups in total. The quantitative estimate of drug-likeness (QED) is 0.646. The van der Waals surface area contributed by atoms with Crippen LogP contribution in [0.4, 0.5) is 0 Å². The van der Waals surface area contributed by atoms with E-state index in [2.05, 4.69) is 13.8 Å². The average Bonchev–Trinajstić information content (AvgIpc) is 2.04. The second-order valence-corrected chi connectivity index (χ2v) is 2.19. The van der Waals surface area contributed by atoms with Gasteiger partial charge in [0.15, 0.2) is 0 Å². The molecule has 0 heterocycles. The molecular weight excluding hydrogens is 124 g/mol. The summed E-state index contributed by atoms with van der Waals surface area (Å²) < 4.78 is 0. The molecule has 0 aliphatic carbocycles. The molecule has 0 aromatic rings. The zero-order valence-corrected chi connectivity index (χ0v) is 7.85. The van der Waals surface area contributed by atoms with E-state index in [1.165, 1.54) is 12.8 Å². The van der Waals surface area contributed by atoms with E-state index >= 15 is 0 Å². The maximum absolute atomic E-state index is 8.50. The summed E-state index contributed by atoms with van der Waals surface area (Å²) in [4.78, 5) is 0. The summed E-state index contributed by atoms with van der Waals surface area (Å²) in [5, 5.41) is 8.50. The maximum atomic E-state index is 8.50. The van der Waals surface area contributed by atoms with Gasteiger partial charge in [-0.3, -0.25) is 0 Å². The maximum Gasteiger partial charge on any atom is 0.0433 e. The van der Waals surface area contributed by atoms with Crippen molar-refractivity contribution in [2.45, 2.75) is 47.0 Å². The summed E-state index contributed by atoms with van der Waals surface area (Å²) in [6.07, 6.45) is 3.39. The zero-order chi connectivity index (χ0) is 8.41. The Morgan fingerprint density at radius 1 is 1.10 bits per heavy atom. The summed E-state index contributed by atoms with van der Waals surface area (Å²) in [6.45, 7) is 8.69. The monoisotopic (exact) mass is 146 g/mol. The summed E-state index contributed by atoms with van der Waals surface area (Å²) in [5.41, 5.74) is 0. The molecule has 10 heavy (non-hydrogen) atoms. The van der Waals surface area contributed by atoms with Crippen molar-refractivity contribution in [2.75, 3.05) is 6.61 Å². The molecule has 0 rings (SSSR count). The topological polar surface area (TPSA) is 20.2 Å². The largest absolute Gasteiger partial charge is 0.396 e. The molecular formula is C9H22O. The van der Waals surface area contributed by atoms with Gasteiger partial charge in [0.2, 0.25) is 0 Å². The van der Waals surface area contributed by atoms with E-state index in [-0.39, 0.29) is 0 Å². The van der Waals surface area contributed by atoms with Gasteiger partial charge >= 0.3 is 0 Å². The Bertz CT molecular complexity index is 40.0. The number of aliphatic hydroxyl groups excluding tert-OH is 1. The third-order valence-corrected chi connectivity index (χ3v) is 1.69. The Morgan fingerprint density at radius 3 is 1.60 bits per heavy atom. The fraction of sp³-hybridized carbons (Fsp3) is 1.00. The van der Waals surface area contributed by atoms with Crippen molar-refractivity contribution < 1.29 is 5.11 Å². The lowest BCUT2D eigenvalue weighted by Gasteiger charge is -2.07. The van der Waals surface area contributed by atoms with Crippen molar-refractivity contribution >= 4 is 0 Å². The highest BCUT2D eigenvalue weighted by Gasteiger charge is 1.99. The van der Waals surface area contributed by atoms with Gasteiger partial charge in [0.05, 0.1) is 0 Å². The van der Waals surface area contributed by atoms with E-state index in [9.17, 15) is 0 Å². The van der Waals surface area contributed by atoms with Crippen LogP contribution in [0, 0.1) is 5.92 Å². The molecule has 0 amide bonds. The van der Waals surface area contributed by atoms with Gasteiger partial charge in [-0.2, -0.15) is 0 Å². The van der Waals surface area contributed by atoms with Crippen LogP contribution in [0.5, 0.6) is 0 Å². The zero-order valence-electron chi connectivity index (χ0n) is 7.85. The van der Waals surface area contributed by atoms with Gasteiger partial charge in [0.1, 0.15) is 0 Å². The van der Waals surface area contributed by atoms with Gasteiger partial charge in [-0.15, -0.1) is 0 Å². The van der Waals surface area contributed by atoms with Crippen molar-refractivity contribution in [1.82, 2.24) is 0 Å². The minimum atomic E-state index is 0.354. The molecule has 1 nitrogen and oxygen atoms in total. The molecule has 0 bridgehead atoms. The molecule has 1 heteroatoms. The predicted molar refractivity (Wildman–Crippen MR) is 47.1 cm³/mol. The van der Waals surface area contributed by atoms with E-state index in [4.69, 9.17) is 5.11 Å². The highest BCUT2D eigenvalue weighted by Crippen LogP contribution is 2.10. The second-order valence-electron chi connectivity index (χ2n) is 2.19. The average molecular weight is 146 g/mol. The third-order valence-electron chi connectivity index (χ3n) is 1.69. The first-order valence-corrected chi connectivity index (χ1v) is 4.46. The van der Waals surface area contributed by atoms with Crippen LogP contribution in [0.3, 0.4) is 0 Å². The lowest BCUT2D eigenvalue weighted by Crippen LogP contribution is -1.98. The van der Waals surface area contributed by atoms with Crippen LogP contribution in [-0.4, -0.2) is 11.7 Å². The van der Waals surface area contributed by atoms with Crippen LogP contribution in [0.25, 0.3) is 0 Å². The van der Waals surface area contributed by atoms with Crippen molar-refractivity contribution in [3.63, 3.8) is 0 Å². The Labute approximate surface area is 65.5 Å². The molecule has 0 saturated heterocycles. The molecule has 0 spiro atoms. The molecule has 0 radical (unpaired) electrons. The number of rotatable bonds is 4. The predicted octanol–water partition coefficient (Wildman–Crippen LogP) is 2.83. The van der Waals surface area contributed by atoms with Gasteiger partial charge in [-0.05, 0) is 12.3 Å². The van der Waals surface area contributed by atoms with E-state index in [1.807, 2.05) is 13.8 Å². The van der Waals surface area contributed by atoms with E-state index in [1.54, 1.807) is 0 Å². The summed E-state index contributed by atoms with van der Waals surface area (Å²) >= 11 is 0. The highest BCUT2D eigenvalue weighted by molar-refractivity contribution is 4.51. The minimum absolute atomic E-state index is 0.354. The smallest absolute Gasteiger partial charge is 0.0433 e. The fourth-order valence-corrected chi connectivity index (χ4v) is 0.879. The molecule has 0 fully saturated rings. The summed E-state index contributed by atoms with van der Waals surface area (Å²) in [5.74, 6) is 0.750. The van der Waals surface area contributed by atoms with Crippen molar-refractivity contribution in [1.29, 1.82) is 0 Å². The number of hydrogen-bond acceptors (Lipinski definition) is 1. The standard InChI is InChI=1S/C7H16O.C2H6/c1-3-7(4-2)5-6-8;1-2/h7-8H,3-6H2,1-2H3;1-2H3. The SMILES string of the molecule is CC.CCC(CC)CCO. The number of aliphatic hydroxyl groups is 1. The molecule has 64 valence electrons. The second kappa shape index (κ2) is 11.7. The first-order valence-electron chi connectivity index (χ1n) is 4.46. The first-order chi connectivity index (χ1) is 4.85. The molecule has 0 unspecified atom stereocenters. The van der Waals surface area contributed by atoms with E-state index < -0.39 is 0 Å². The minimum Gasteiger partial charge on any atom is -0.396 e. The van der Waals surface area contributed by atoms with Gasteiger partial charge in [-0.25, -0.2) is 0 Å². The molecule has 0 saturated carbocycles. The van der Waals surface area contributed by atoms with Gasteiger partial charge in [0, 0.05) is 6.61 Å². The van der Waals surface area contributed by atoms with Gasteiger partial charge < -0.3 is 5.11 Å². The Hall–Kier alpha value is -0.0400. The Morgan fingerprint density at radius 2 is 1.50 bits per heavy atom. The molecule has 0 aliphatic heterocycles. The molecule has 0 aromatic heterocycles. The van der Waals surface area contributed by atoms with E-state index in [0.717, 1.165) is 12.3 Å². The highest BCUT2D eigenvalue weighted by atomic mass is 16.3. The van der Waals surface area contributed by atoms with Crippen LogP contribution in [0.2, 0.25) is 0 Å². The fourth-order valence-electron chi connectivity index (χ4n) is 0.879. The van der Waals surface area contributed by atoms with E-state index in [0.29, 0.717) is 6.61 Å². The van der Waals surface area contributed by atoms with Crippen LogP contribution in [0.15, 0.2) is 0 Å². The van der Waals surface area contributed by atoms with Crippen LogP contribution in [0.1, 0.15) is 47.0 Å². The summed E-state index contributed by atoms with van der Waals surface area (Å²) in [6, 6.07) is 0.